The first-order chi connectivity index (χ1) is 25.2. The average molecular weight is 705 g/mol. The van der Waals surface area contributed by atoms with Gasteiger partial charge in [0.25, 0.3) is 17.7 Å². The van der Waals surface area contributed by atoms with Gasteiger partial charge in [0.15, 0.2) is 0 Å². The van der Waals surface area contributed by atoms with Crippen LogP contribution in [0.5, 0.6) is 5.88 Å². The Bertz CT molecular complexity index is 2070. The van der Waals surface area contributed by atoms with E-state index < -0.39 is 29.7 Å². The van der Waals surface area contributed by atoms with Crippen LogP contribution in [-0.4, -0.2) is 93.6 Å². The summed E-state index contributed by atoms with van der Waals surface area (Å²) in [6.07, 6.45) is 8.34. The number of H-pyrrole nitrogens is 1. The van der Waals surface area contributed by atoms with Crippen molar-refractivity contribution in [2.75, 3.05) is 43.5 Å². The van der Waals surface area contributed by atoms with Crippen LogP contribution in [0.4, 0.5) is 11.5 Å². The van der Waals surface area contributed by atoms with Crippen molar-refractivity contribution in [3.63, 3.8) is 0 Å². The first kappa shape index (κ1) is 33.5. The van der Waals surface area contributed by atoms with Crippen molar-refractivity contribution in [3.8, 4) is 5.88 Å². The molecule has 1 unspecified atom stereocenters. The maximum absolute atomic E-state index is 13.5. The molecular weight excluding hydrogens is 664 g/mol. The van der Waals surface area contributed by atoms with E-state index in [1.165, 1.54) is 18.3 Å². The summed E-state index contributed by atoms with van der Waals surface area (Å²) < 4.78 is 5.93. The molecule has 4 aliphatic heterocycles. The topological polar surface area (TPSA) is 170 Å². The van der Waals surface area contributed by atoms with Crippen LogP contribution in [0.15, 0.2) is 54.9 Å². The molecule has 3 aromatic heterocycles. The maximum atomic E-state index is 13.5. The van der Waals surface area contributed by atoms with Gasteiger partial charge >= 0.3 is 0 Å². The molecular formula is C38H40N8O6. The molecule has 14 nitrogen and oxygen atoms in total. The zero-order chi connectivity index (χ0) is 35.9. The second-order valence-electron chi connectivity index (χ2n) is 14.1. The molecule has 4 aromatic rings. The highest BCUT2D eigenvalue weighted by atomic mass is 16.5. The highest BCUT2D eigenvalue weighted by molar-refractivity contribution is 6.25. The standard InChI is InChI=1S/C38H40N8O6/c1-44-14-3-6-28(44)27-18-24-21-39-31(19-26(24)41-27)42-35(48)23-7-10-33(40-20-23)52-17-13-22-11-15-45(16-12-22)29-5-2-4-25-34(29)38(51)46(37(25)50)30-8-9-32(47)43-36(30)49/h2,4-5,7,10,18-22,28,30,41H,3,6,8-9,11-17H2,1H3,(H,39,42,48)(H,43,47,49)/t28-,30?/m1/s1. The Morgan fingerprint density at radius 2 is 1.79 bits per heavy atom. The van der Waals surface area contributed by atoms with Gasteiger partial charge in [-0.15, -0.1) is 0 Å². The number of aromatic amines is 1. The Hall–Kier alpha value is -5.63. The van der Waals surface area contributed by atoms with E-state index in [0.29, 0.717) is 60.2 Å². The van der Waals surface area contributed by atoms with E-state index >= 15 is 0 Å². The number of imide groups is 2. The first-order valence-corrected chi connectivity index (χ1v) is 17.9. The van der Waals surface area contributed by atoms with Gasteiger partial charge in [0.2, 0.25) is 17.7 Å². The molecule has 0 bridgehead atoms. The number of carbonyl (C=O) groups is 5. The van der Waals surface area contributed by atoms with Gasteiger partial charge in [-0.1, -0.05) is 6.07 Å². The number of aromatic nitrogens is 3. The fourth-order valence-electron chi connectivity index (χ4n) is 7.94. The molecule has 0 saturated carbocycles. The normalized spacial score (nSPS) is 21.2. The number of benzene rings is 1. The Morgan fingerprint density at radius 3 is 2.54 bits per heavy atom. The molecule has 2 atom stereocenters. The SMILES string of the molecule is CN1CCC[C@@H]1c1cc2cnc(NC(=O)c3ccc(OCCC4CCN(c5cccc6c5C(=O)N(C5CCC(=O)NC5=O)C6=O)CC4)nc3)cc2[nH]1. The lowest BCUT2D eigenvalue weighted by Gasteiger charge is -2.34. The van der Waals surface area contributed by atoms with Crippen LogP contribution in [0.1, 0.15) is 87.8 Å². The minimum atomic E-state index is -0.994. The summed E-state index contributed by atoms with van der Waals surface area (Å²) in [4.78, 5) is 81.6. The highest BCUT2D eigenvalue weighted by Gasteiger charge is 2.46. The molecule has 7 heterocycles. The number of hydrogen-bond acceptors (Lipinski definition) is 10. The van der Waals surface area contributed by atoms with Crippen molar-refractivity contribution in [2.24, 2.45) is 5.92 Å². The largest absolute Gasteiger partial charge is 0.478 e. The summed E-state index contributed by atoms with van der Waals surface area (Å²) in [5.41, 5.74) is 3.79. The number of pyridine rings is 2. The lowest BCUT2D eigenvalue weighted by Crippen LogP contribution is -2.54. The van der Waals surface area contributed by atoms with E-state index in [-0.39, 0.29) is 24.3 Å². The van der Waals surface area contributed by atoms with Crippen LogP contribution in [0.3, 0.4) is 0 Å². The molecule has 14 heteroatoms. The monoisotopic (exact) mass is 704 g/mol. The van der Waals surface area contributed by atoms with Crippen LogP contribution in [0, 0.1) is 5.92 Å². The number of nitrogens with zero attached hydrogens (tertiary/aromatic N) is 5. The van der Waals surface area contributed by atoms with Gasteiger partial charge < -0.3 is 19.9 Å². The molecule has 0 spiro atoms. The third kappa shape index (κ3) is 6.38. The molecule has 52 heavy (non-hydrogen) atoms. The van der Waals surface area contributed by atoms with Gasteiger partial charge in [-0.2, -0.15) is 0 Å². The number of anilines is 2. The minimum absolute atomic E-state index is 0.0798. The zero-order valence-corrected chi connectivity index (χ0v) is 28.9. The Labute approximate surface area is 299 Å². The van der Waals surface area contributed by atoms with Crippen molar-refractivity contribution in [1.29, 1.82) is 0 Å². The number of carbonyl (C=O) groups excluding carboxylic acids is 5. The van der Waals surface area contributed by atoms with E-state index in [2.05, 4.69) is 48.5 Å². The predicted molar refractivity (Wildman–Crippen MR) is 191 cm³/mol. The van der Waals surface area contributed by atoms with Gasteiger partial charge in [-0.25, -0.2) is 9.97 Å². The van der Waals surface area contributed by atoms with Crippen LogP contribution in [0.2, 0.25) is 0 Å². The summed E-state index contributed by atoms with van der Waals surface area (Å²) in [5.74, 6) is -1.02. The molecule has 268 valence electrons. The minimum Gasteiger partial charge on any atom is -0.478 e. The third-order valence-corrected chi connectivity index (χ3v) is 10.8. The molecule has 3 fully saturated rings. The fourth-order valence-corrected chi connectivity index (χ4v) is 7.94. The predicted octanol–water partition coefficient (Wildman–Crippen LogP) is 4.06. The van der Waals surface area contributed by atoms with Crippen LogP contribution >= 0.6 is 0 Å². The summed E-state index contributed by atoms with van der Waals surface area (Å²) >= 11 is 0. The van der Waals surface area contributed by atoms with E-state index in [4.69, 9.17) is 4.74 Å². The molecule has 1 aromatic carbocycles. The van der Waals surface area contributed by atoms with Crippen LogP contribution in [-0.2, 0) is 9.59 Å². The molecule has 5 amide bonds. The van der Waals surface area contributed by atoms with Gasteiger partial charge in [0.05, 0.1) is 34.5 Å². The van der Waals surface area contributed by atoms with Crippen molar-refractivity contribution < 1.29 is 28.7 Å². The average Bonchev–Trinajstić information content (AvgIpc) is 3.84. The number of amides is 5. The van der Waals surface area contributed by atoms with E-state index in [9.17, 15) is 24.0 Å². The Kier molecular flexibility index (Phi) is 8.91. The van der Waals surface area contributed by atoms with Crippen molar-refractivity contribution in [1.82, 2.24) is 30.1 Å². The van der Waals surface area contributed by atoms with Crippen LogP contribution < -0.4 is 20.3 Å². The maximum Gasteiger partial charge on any atom is 0.264 e. The number of hydrogen-bond donors (Lipinski definition) is 3. The molecule has 0 aliphatic carbocycles. The highest BCUT2D eigenvalue weighted by Crippen LogP contribution is 2.36. The van der Waals surface area contributed by atoms with Crippen LogP contribution in [0.25, 0.3) is 10.9 Å². The van der Waals surface area contributed by atoms with Gasteiger partial charge in [0, 0.05) is 61.2 Å². The first-order valence-electron chi connectivity index (χ1n) is 17.9. The molecule has 3 saturated heterocycles. The Morgan fingerprint density at radius 1 is 0.942 bits per heavy atom. The van der Waals surface area contributed by atoms with E-state index in [1.807, 2.05) is 12.1 Å². The third-order valence-electron chi connectivity index (χ3n) is 10.8. The number of ether oxygens (including phenoxy) is 1. The molecule has 0 radical (unpaired) electrons. The van der Waals surface area contributed by atoms with Crippen molar-refractivity contribution in [2.45, 2.75) is 57.0 Å². The fraction of sp³-hybridized carbons (Fsp3) is 0.395. The summed E-state index contributed by atoms with van der Waals surface area (Å²) in [5, 5.41) is 6.12. The summed E-state index contributed by atoms with van der Waals surface area (Å²) in [7, 11) is 2.14. The summed E-state index contributed by atoms with van der Waals surface area (Å²) in [6.45, 7) is 2.96. The van der Waals surface area contributed by atoms with Gasteiger partial charge in [0.1, 0.15) is 11.9 Å². The molecule has 8 rings (SSSR count). The smallest absolute Gasteiger partial charge is 0.264 e. The second kappa shape index (κ2) is 13.8. The van der Waals surface area contributed by atoms with Gasteiger partial charge in [-0.3, -0.25) is 39.1 Å². The molecule has 4 aliphatic rings. The quantitative estimate of drug-likeness (QED) is 0.216. The zero-order valence-electron chi connectivity index (χ0n) is 28.9. The number of rotatable bonds is 9. The summed E-state index contributed by atoms with van der Waals surface area (Å²) in [6, 6.07) is 12.0. The Balaban J connectivity index is 0.815. The number of nitrogens with one attached hydrogen (secondary N) is 3. The van der Waals surface area contributed by atoms with E-state index in [1.54, 1.807) is 30.5 Å². The molecule has 3 N–H and O–H groups in total. The van der Waals surface area contributed by atoms with Crippen molar-refractivity contribution >= 4 is 51.9 Å². The number of likely N-dealkylation sites (tertiary alicyclic amines) is 1. The number of fused-ring (bicyclic) bond motifs is 2. The lowest BCUT2D eigenvalue weighted by atomic mass is 9.93. The van der Waals surface area contributed by atoms with Gasteiger partial charge in [-0.05, 0) is 82.3 Å². The van der Waals surface area contributed by atoms with E-state index in [0.717, 1.165) is 48.0 Å². The number of piperidine rings is 2. The lowest BCUT2D eigenvalue weighted by molar-refractivity contribution is -0.136. The second-order valence-corrected chi connectivity index (χ2v) is 14.1. The van der Waals surface area contributed by atoms with Crippen molar-refractivity contribution in [3.05, 3.63) is 77.2 Å².